The second-order valence-electron chi connectivity index (χ2n) is 7.12. The maximum absolute atomic E-state index is 12.5. The van der Waals surface area contributed by atoms with Crippen molar-refractivity contribution < 1.29 is 19.4 Å². The molecule has 2 aromatic carbocycles. The van der Waals surface area contributed by atoms with Gasteiger partial charge in [-0.1, -0.05) is 42.5 Å². The average molecular weight is 382 g/mol. The molecule has 0 unspecified atom stereocenters. The maximum Gasteiger partial charge on any atom is 0.317 e. The van der Waals surface area contributed by atoms with E-state index in [1.165, 1.54) is 0 Å². The first-order chi connectivity index (χ1) is 13.5. The zero-order chi connectivity index (χ0) is 19.9. The molecule has 0 aliphatic carbocycles. The molecule has 0 radical (unpaired) electrons. The summed E-state index contributed by atoms with van der Waals surface area (Å²) in [6.07, 6.45) is 1.000. The van der Waals surface area contributed by atoms with Crippen LogP contribution >= 0.6 is 0 Å². The number of nitrogens with zero attached hydrogens (tertiary/aromatic N) is 1. The second-order valence-corrected chi connectivity index (χ2v) is 7.12. The molecule has 1 aliphatic heterocycles. The molecule has 148 valence electrons. The molecule has 2 N–H and O–H groups in total. The summed E-state index contributed by atoms with van der Waals surface area (Å²) in [5.41, 5.74) is 2.05. The number of piperidine rings is 1. The van der Waals surface area contributed by atoms with Crippen LogP contribution in [0.15, 0.2) is 54.6 Å². The van der Waals surface area contributed by atoms with Crippen LogP contribution in [0.1, 0.15) is 36.9 Å². The number of rotatable bonds is 6. The van der Waals surface area contributed by atoms with E-state index in [9.17, 15) is 9.59 Å². The highest BCUT2D eigenvalue weighted by molar-refractivity contribution is 5.75. The Hall–Kier alpha value is -3.02. The van der Waals surface area contributed by atoms with Crippen LogP contribution in [0.3, 0.4) is 0 Å². The van der Waals surface area contributed by atoms with Gasteiger partial charge >= 0.3 is 12.0 Å². The number of hydrogen-bond donors (Lipinski definition) is 2. The maximum atomic E-state index is 12.5. The fourth-order valence-electron chi connectivity index (χ4n) is 3.30. The van der Waals surface area contributed by atoms with Gasteiger partial charge in [0.1, 0.15) is 12.4 Å². The van der Waals surface area contributed by atoms with E-state index in [1.54, 1.807) is 4.90 Å². The number of carbonyl (C=O) groups is 2. The number of carboxylic acid groups (broad SMARTS) is 1. The lowest BCUT2D eigenvalue weighted by molar-refractivity contribution is -0.143. The zero-order valence-corrected chi connectivity index (χ0v) is 16.0. The molecule has 1 saturated heterocycles. The van der Waals surface area contributed by atoms with Crippen molar-refractivity contribution in [3.63, 3.8) is 0 Å². The molecule has 0 spiro atoms. The Bertz CT molecular complexity index is 801. The lowest BCUT2D eigenvalue weighted by atomic mass is 9.97. The smallest absolute Gasteiger partial charge is 0.317 e. The highest BCUT2D eigenvalue weighted by Gasteiger charge is 2.27. The van der Waals surface area contributed by atoms with Crippen molar-refractivity contribution in [3.8, 4) is 5.75 Å². The largest absolute Gasteiger partial charge is 0.489 e. The van der Waals surface area contributed by atoms with Gasteiger partial charge in [-0.3, -0.25) is 4.79 Å². The van der Waals surface area contributed by atoms with Crippen LogP contribution in [0, 0.1) is 5.92 Å². The number of carboxylic acids is 1. The Balaban J connectivity index is 1.53. The number of nitrogens with one attached hydrogen (secondary N) is 1. The third kappa shape index (κ3) is 5.25. The zero-order valence-electron chi connectivity index (χ0n) is 16.0. The van der Waals surface area contributed by atoms with Crippen molar-refractivity contribution in [2.45, 2.75) is 32.4 Å². The summed E-state index contributed by atoms with van der Waals surface area (Å²) in [4.78, 5) is 25.2. The number of aliphatic carboxylic acids is 1. The Labute approximate surface area is 165 Å². The third-order valence-corrected chi connectivity index (χ3v) is 5.08. The van der Waals surface area contributed by atoms with Gasteiger partial charge in [0, 0.05) is 13.1 Å². The summed E-state index contributed by atoms with van der Waals surface area (Å²) in [6, 6.07) is 17.3. The normalized spacial score (nSPS) is 15.7. The number of benzene rings is 2. The molecular weight excluding hydrogens is 356 g/mol. The number of carbonyl (C=O) groups excluding carboxylic acids is 1. The topological polar surface area (TPSA) is 78.9 Å². The number of ether oxygens (including phenoxy) is 1. The molecule has 1 heterocycles. The molecule has 1 fully saturated rings. The molecular formula is C22H26N2O4. The van der Waals surface area contributed by atoms with Gasteiger partial charge in [-0.25, -0.2) is 4.79 Å². The Kier molecular flexibility index (Phi) is 6.53. The van der Waals surface area contributed by atoms with Gasteiger partial charge in [0.2, 0.25) is 0 Å². The Morgan fingerprint density at radius 2 is 1.86 bits per heavy atom. The molecule has 28 heavy (non-hydrogen) atoms. The van der Waals surface area contributed by atoms with Crippen LogP contribution < -0.4 is 10.1 Å². The highest BCUT2D eigenvalue weighted by Crippen LogP contribution is 2.22. The lowest BCUT2D eigenvalue weighted by Crippen LogP contribution is -2.46. The van der Waals surface area contributed by atoms with E-state index in [1.807, 2.05) is 61.5 Å². The molecule has 2 aromatic rings. The predicted octanol–water partition coefficient (Wildman–Crippen LogP) is 3.83. The van der Waals surface area contributed by atoms with E-state index < -0.39 is 5.97 Å². The minimum absolute atomic E-state index is 0.160. The van der Waals surface area contributed by atoms with Crippen molar-refractivity contribution in [1.29, 1.82) is 0 Å². The molecule has 0 aromatic heterocycles. The van der Waals surface area contributed by atoms with Crippen LogP contribution in [0.25, 0.3) is 0 Å². The molecule has 3 rings (SSSR count). The molecule has 0 bridgehead atoms. The minimum Gasteiger partial charge on any atom is -0.489 e. The first-order valence-electron chi connectivity index (χ1n) is 9.58. The summed E-state index contributed by atoms with van der Waals surface area (Å²) in [7, 11) is 0. The van der Waals surface area contributed by atoms with Gasteiger partial charge in [-0.15, -0.1) is 0 Å². The van der Waals surface area contributed by atoms with Crippen molar-refractivity contribution in [2.24, 2.45) is 5.92 Å². The third-order valence-electron chi connectivity index (χ3n) is 5.08. The second kappa shape index (κ2) is 9.26. The fourth-order valence-corrected chi connectivity index (χ4v) is 3.30. The van der Waals surface area contributed by atoms with Crippen molar-refractivity contribution in [2.75, 3.05) is 13.1 Å². The molecule has 1 atom stereocenters. The van der Waals surface area contributed by atoms with Crippen LogP contribution in [0.5, 0.6) is 5.75 Å². The van der Waals surface area contributed by atoms with E-state index >= 15 is 0 Å². The molecule has 1 aliphatic rings. The van der Waals surface area contributed by atoms with E-state index in [4.69, 9.17) is 9.84 Å². The van der Waals surface area contributed by atoms with Crippen LogP contribution in [0.4, 0.5) is 4.79 Å². The monoisotopic (exact) mass is 382 g/mol. The van der Waals surface area contributed by atoms with Gasteiger partial charge in [0.25, 0.3) is 0 Å². The summed E-state index contributed by atoms with van der Waals surface area (Å²) >= 11 is 0. The first kappa shape index (κ1) is 19.7. The summed E-state index contributed by atoms with van der Waals surface area (Å²) < 4.78 is 5.86. The fraction of sp³-hybridized carbons (Fsp3) is 0.364. The Morgan fingerprint density at radius 3 is 2.54 bits per heavy atom. The summed E-state index contributed by atoms with van der Waals surface area (Å²) in [5.74, 6) is -0.370. The van der Waals surface area contributed by atoms with Gasteiger partial charge in [-0.05, 0) is 43.0 Å². The van der Waals surface area contributed by atoms with E-state index in [0.29, 0.717) is 32.5 Å². The van der Waals surface area contributed by atoms with E-state index in [0.717, 1.165) is 16.9 Å². The van der Waals surface area contributed by atoms with Crippen molar-refractivity contribution in [1.82, 2.24) is 10.2 Å². The van der Waals surface area contributed by atoms with Crippen LogP contribution in [-0.4, -0.2) is 35.1 Å². The average Bonchev–Trinajstić information content (AvgIpc) is 2.73. The van der Waals surface area contributed by atoms with Crippen LogP contribution in [0.2, 0.25) is 0 Å². The van der Waals surface area contributed by atoms with Crippen molar-refractivity contribution >= 4 is 12.0 Å². The quantitative estimate of drug-likeness (QED) is 0.796. The molecule has 2 amide bonds. The van der Waals surface area contributed by atoms with Gasteiger partial charge in [0.15, 0.2) is 0 Å². The molecule has 0 saturated carbocycles. The number of urea groups is 1. The van der Waals surface area contributed by atoms with Crippen molar-refractivity contribution in [3.05, 3.63) is 65.7 Å². The lowest BCUT2D eigenvalue weighted by Gasteiger charge is -2.31. The molecule has 6 heteroatoms. The number of amides is 2. The highest BCUT2D eigenvalue weighted by atomic mass is 16.5. The number of hydrogen-bond acceptors (Lipinski definition) is 3. The van der Waals surface area contributed by atoms with Gasteiger partial charge < -0.3 is 20.1 Å². The standard InChI is InChI=1S/C22H26N2O4/c1-16(23-22(27)24-12-10-18(11-13-24)21(25)26)19-8-5-9-20(14-19)28-15-17-6-3-2-4-7-17/h2-9,14,16,18H,10-13,15H2,1H3,(H,23,27)(H,25,26)/t16-/m0/s1. The molecule has 6 nitrogen and oxygen atoms in total. The summed E-state index contributed by atoms with van der Waals surface area (Å²) in [6.45, 7) is 3.35. The minimum atomic E-state index is -0.777. The Morgan fingerprint density at radius 1 is 1.14 bits per heavy atom. The predicted molar refractivity (Wildman–Crippen MR) is 106 cm³/mol. The SMILES string of the molecule is C[C@H](NC(=O)N1CCC(C(=O)O)CC1)c1cccc(OCc2ccccc2)c1. The van der Waals surface area contributed by atoms with Crippen LogP contribution in [-0.2, 0) is 11.4 Å². The van der Waals surface area contributed by atoms with Gasteiger partial charge in [0.05, 0.1) is 12.0 Å². The van der Waals surface area contributed by atoms with Gasteiger partial charge in [-0.2, -0.15) is 0 Å². The summed E-state index contributed by atoms with van der Waals surface area (Å²) in [5, 5.41) is 12.1. The van der Waals surface area contributed by atoms with E-state index in [2.05, 4.69) is 5.32 Å². The first-order valence-corrected chi connectivity index (χ1v) is 9.58. The number of likely N-dealkylation sites (tertiary alicyclic amines) is 1. The van der Waals surface area contributed by atoms with E-state index in [-0.39, 0.29) is 18.0 Å².